The van der Waals surface area contributed by atoms with Crippen LogP contribution >= 0.6 is 0 Å². The standard InChI is InChI=1S/C22H23N3O2/c1-25(16-17-8-4-3-5-9-17)19-12-13-23-20(14-19)22(26)24-15-18-10-6-7-11-21(18)27-2/h3-14H,15-16H2,1-2H3,(H,24,26). The minimum Gasteiger partial charge on any atom is -0.496 e. The van der Waals surface area contributed by atoms with Gasteiger partial charge in [-0.1, -0.05) is 48.5 Å². The lowest BCUT2D eigenvalue weighted by Gasteiger charge is -2.19. The Labute approximate surface area is 159 Å². The zero-order valence-corrected chi connectivity index (χ0v) is 15.6. The topological polar surface area (TPSA) is 54.5 Å². The van der Waals surface area contributed by atoms with Gasteiger partial charge in [-0.05, 0) is 23.8 Å². The summed E-state index contributed by atoms with van der Waals surface area (Å²) in [6, 6.07) is 21.5. The number of amides is 1. The Morgan fingerprint density at radius 3 is 2.59 bits per heavy atom. The van der Waals surface area contributed by atoms with E-state index in [0.717, 1.165) is 23.5 Å². The van der Waals surface area contributed by atoms with Gasteiger partial charge in [0.25, 0.3) is 5.91 Å². The second kappa shape index (κ2) is 8.85. The van der Waals surface area contributed by atoms with Gasteiger partial charge in [0.2, 0.25) is 0 Å². The van der Waals surface area contributed by atoms with Crippen LogP contribution in [-0.4, -0.2) is 25.0 Å². The molecule has 0 aliphatic heterocycles. The fourth-order valence-electron chi connectivity index (χ4n) is 2.84. The SMILES string of the molecule is COc1ccccc1CNC(=O)c1cc(N(C)Cc2ccccc2)ccn1. The lowest BCUT2D eigenvalue weighted by Crippen LogP contribution is -2.25. The van der Waals surface area contributed by atoms with Crippen molar-refractivity contribution in [1.29, 1.82) is 0 Å². The van der Waals surface area contributed by atoms with Gasteiger partial charge in [0.15, 0.2) is 0 Å². The number of pyridine rings is 1. The molecule has 0 aliphatic carbocycles. The largest absolute Gasteiger partial charge is 0.496 e. The Morgan fingerprint density at radius 2 is 1.81 bits per heavy atom. The molecular weight excluding hydrogens is 338 g/mol. The van der Waals surface area contributed by atoms with Crippen LogP contribution in [-0.2, 0) is 13.1 Å². The summed E-state index contributed by atoms with van der Waals surface area (Å²) < 4.78 is 5.32. The van der Waals surface area contributed by atoms with Crippen LogP contribution < -0.4 is 15.0 Å². The van der Waals surface area contributed by atoms with Crippen molar-refractivity contribution in [2.75, 3.05) is 19.1 Å². The van der Waals surface area contributed by atoms with Crippen molar-refractivity contribution in [3.63, 3.8) is 0 Å². The van der Waals surface area contributed by atoms with Crippen molar-refractivity contribution in [2.45, 2.75) is 13.1 Å². The number of methoxy groups -OCH3 is 1. The van der Waals surface area contributed by atoms with Crippen LogP contribution in [0.5, 0.6) is 5.75 Å². The third-order valence-electron chi connectivity index (χ3n) is 4.31. The van der Waals surface area contributed by atoms with Crippen molar-refractivity contribution in [3.8, 4) is 5.75 Å². The fourth-order valence-corrected chi connectivity index (χ4v) is 2.84. The minimum absolute atomic E-state index is 0.212. The van der Waals surface area contributed by atoms with Crippen LogP contribution in [0.1, 0.15) is 21.6 Å². The van der Waals surface area contributed by atoms with E-state index in [9.17, 15) is 4.79 Å². The van der Waals surface area contributed by atoms with Crippen LogP contribution in [0.4, 0.5) is 5.69 Å². The van der Waals surface area contributed by atoms with Crippen LogP contribution in [0.3, 0.4) is 0 Å². The normalized spacial score (nSPS) is 10.3. The van der Waals surface area contributed by atoms with E-state index in [4.69, 9.17) is 4.74 Å². The molecule has 3 rings (SSSR count). The first-order valence-corrected chi connectivity index (χ1v) is 8.78. The second-order valence-corrected chi connectivity index (χ2v) is 6.24. The van der Waals surface area contributed by atoms with E-state index in [1.165, 1.54) is 5.56 Å². The molecule has 3 aromatic rings. The van der Waals surface area contributed by atoms with Gasteiger partial charge in [-0.2, -0.15) is 0 Å². The highest BCUT2D eigenvalue weighted by Crippen LogP contribution is 2.18. The molecule has 0 unspecified atom stereocenters. The molecule has 5 heteroatoms. The highest BCUT2D eigenvalue weighted by molar-refractivity contribution is 5.93. The number of nitrogens with zero attached hydrogens (tertiary/aromatic N) is 2. The van der Waals surface area contributed by atoms with E-state index in [1.54, 1.807) is 19.4 Å². The third-order valence-corrected chi connectivity index (χ3v) is 4.31. The van der Waals surface area contributed by atoms with E-state index in [0.29, 0.717) is 12.2 Å². The molecule has 0 radical (unpaired) electrons. The molecule has 138 valence electrons. The summed E-state index contributed by atoms with van der Waals surface area (Å²) >= 11 is 0. The van der Waals surface area contributed by atoms with Crippen LogP contribution in [0.2, 0.25) is 0 Å². The molecule has 1 aromatic heterocycles. The number of nitrogens with one attached hydrogen (secondary N) is 1. The Morgan fingerprint density at radius 1 is 1.07 bits per heavy atom. The monoisotopic (exact) mass is 361 g/mol. The van der Waals surface area contributed by atoms with Crippen molar-refractivity contribution >= 4 is 11.6 Å². The predicted octanol–water partition coefficient (Wildman–Crippen LogP) is 3.66. The maximum Gasteiger partial charge on any atom is 0.270 e. The Bertz CT molecular complexity index is 897. The van der Waals surface area contributed by atoms with E-state index < -0.39 is 0 Å². The zero-order valence-electron chi connectivity index (χ0n) is 15.6. The van der Waals surface area contributed by atoms with Gasteiger partial charge in [0.05, 0.1) is 7.11 Å². The lowest BCUT2D eigenvalue weighted by atomic mass is 10.2. The molecular formula is C22H23N3O2. The third kappa shape index (κ3) is 4.85. The molecule has 0 saturated heterocycles. The van der Waals surface area contributed by atoms with Gasteiger partial charge in [-0.15, -0.1) is 0 Å². The van der Waals surface area contributed by atoms with Crippen LogP contribution in [0, 0.1) is 0 Å². The molecule has 0 saturated carbocycles. The van der Waals surface area contributed by atoms with Gasteiger partial charge in [0, 0.05) is 37.6 Å². The molecule has 1 amide bonds. The molecule has 0 fully saturated rings. The zero-order chi connectivity index (χ0) is 19.1. The first-order valence-electron chi connectivity index (χ1n) is 8.78. The average molecular weight is 361 g/mol. The number of aromatic nitrogens is 1. The van der Waals surface area contributed by atoms with Gasteiger partial charge < -0.3 is 15.0 Å². The van der Waals surface area contributed by atoms with Gasteiger partial charge in [-0.25, -0.2) is 0 Å². The smallest absolute Gasteiger partial charge is 0.270 e. The summed E-state index contributed by atoms with van der Waals surface area (Å²) in [6.07, 6.45) is 1.66. The lowest BCUT2D eigenvalue weighted by molar-refractivity contribution is 0.0945. The number of carbonyl (C=O) groups excluding carboxylic acids is 1. The average Bonchev–Trinajstić information content (AvgIpc) is 2.73. The van der Waals surface area contributed by atoms with E-state index in [2.05, 4.69) is 27.3 Å². The molecule has 1 heterocycles. The van der Waals surface area contributed by atoms with Crippen molar-refractivity contribution in [2.24, 2.45) is 0 Å². The van der Waals surface area contributed by atoms with Gasteiger partial charge in [-0.3, -0.25) is 9.78 Å². The number of ether oxygens (including phenoxy) is 1. The molecule has 0 bridgehead atoms. The molecule has 5 nitrogen and oxygen atoms in total. The van der Waals surface area contributed by atoms with E-state index in [1.807, 2.05) is 55.6 Å². The Kier molecular flexibility index (Phi) is 6.05. The van der Waals surface area contributed by atoms with Crippen molar-refractivity contribution in [3.05, 3.63) is 89.7 Å². The summed E-state index contributed by atoms with van der Waals surface area (Å²) in [5.74, 6) is 0.540. The van der Waals surface area contributed by atoms with Crippen molar-refractivity contribution in [1.82, 2.24) is 10.3 Å². The summed E-state index contributed by atoms with van der Waals surface area (Å²) in [5.41, 5.74) is 3.46. The van der Waals surface area contributed by atoms with Crippen LogP contribution in [0.25, 0.3) is 0 Å². The maximum absolute atomic E-state index is 12.5. The Hall–Kier alpha value is -3.34. The number of hydrogen-bond acceptors (Lipinski definition) is 4. The predicted molar refractivity (Wildman–Crippen MR) is 107 cm³/mol. The first-order chi connectivity index (χ1) is 13.2. The van der Waals surface area contributed by atoms with Gasteiger partial charge in [0.1, 0.15) is 11.4 Å². The first kappa shape index (κ1) is 18.5. The maximum atomic E-state index is 12.5. The summed E-state index contributed by atoms with van der Waals surface area (Å²) in [4.78, 5) is 18.8. The molecule has 27 heavy (non-hydrogen) atoms. The number of rotatable bonds is 7. The van der Waals surface area contributed by atoms with Gasteiger partial charge >= 0.3 is 0 Å². The number of benzene rings is 2. The summed E-state index contributed by atoms with van der Waals surface area (Å²) in [6.45, 7) is 1.14. The Balaban J connectivity index is 1.66. The quantitative estimate of drug-likeness (QED) is 0.698. The molecule has 1 N–H and O–H groups in total. The number of carbonyl (C=O) groups is 1. The number of anilines is 1. The van der Waals surface area contributed by atoms with Crippen LogP contribution in [0.15, 0.2) is 72.9 Å². The molecule has 0 aliphatic rings. The number of hydrogen-bond donors (Lipinski definition) is 1. The number of para-hydroxylation sites is 1. The minimum atomic E-state index is -0.212. The highest BCUT2D eigenvalue weighted by atomic mass is 16.5. The molecule has 2 aromatic carbocycles. The van der Waals surface area contributed by atoms with E-state index >= 15 is 0 Å². The second-order valence-electron chi connectivity index (χ2n) is 6.24. The summed E-state index contributed by atoms with van der Waals surface area (Å²) in [7, 11) is 3.62. The highest BCUT2D eigenvalue weighted by Gasteiger charge is 2.11. The summed E-state index contributed by atoms with van der Waals surface area (Å²) in [5, 5.41) is 2.91. The fraction of sp³-hybridized carbons (Fsp3) is 0.182. The molecule has 0 atom stereocenters. The molecule has 0 spiro atoms. The van der Waals surface area contributed by atoms with Crippen molar-refractivity contribution < 1.29 is 9.53 Å². The van der Waals surface area contributed by atoms with E-state index in [-0.39, 0.29) is 5.91 Å².